The number of nitrogens with zero attached hydrogens (tertiary/aromatic N) is 1. The first-order valence-corrected chi connectivity index (χ1v) is 10.2. The molecule has 176 valence electrons. The molecular formula is C23H33IN4O4. The quantitative estimate of drug-likeness (QED) is 0.161. The molecule has 0 saturated carbocycles. The first-order valence-electron chi connectivity index (χ1n) is 10.2. The van der Waals surface area contributed by atoms with E-state index in [0.717, 1.165) is 28.9 Å². The van der Waals surface area contributed by atoms with Gasteiger partial charge in [0.2, 0.25) is 0 Å². The molecule has 0 aromatic heterocycles. The molecule has 0 spiro atoms. The molecule has 0 bridgehead atoms. The molecule has 1 amide bonds. The predicted molar refractivity (Wildman–Crippen MR) is 137 cm³/mol. The minimum atomic E-state index is -0.508. The molecule has 2 aromatic rings. The maximum atomic E-state index is 10.9. The van der Waals surface area contributed by atoms with Crippen LogP contribution in [0.2, 0.25) is 0 Å². The summed E-state index contributed by atoms with van der Waals surface area (Å²) in [4.78, 5) is 15.2. The lowest BCUT2D eigenvalue weighted by molar-refractivity contribution is -0.119. The SMILES string of the molecule is CN=C(NCc1cccc(OCC(N)=O)c1)NCc1ccc(C)cc1OCCCOC.I. The molecule has 0 aliphatic heterocycles. The van der Waals surface area contributed by atoms with Crippen molar-refractivity contribution in [2.24, 2.45) is 10.7 Å². The van der Waals surface area contributed by atoms with Gasteiger partial charge in [0.05, 0.1) is 6.61 Å². The number of ether oxygens (including phenoxy) is 3. The summed E-state index contributed by atoms with van der Waals surface area (Å²) in [6.07, 6.45) is 0.836. The number of hydrogen-bond donors (Lipinski definition) is 3. The normalized spacial score (nSPS) is 10.8. The number of nitrogens with two attached hydrogens (primary N) is 1. The van der Waals surface area contributed by atoms with E-state index in [1.165, 1.54) is 0 Å². The number of rotatable bonds is 12. The Morgan fingerprint density at radius 3 is 2.56 bits per heavy atom. The highest BCUT2D eigenvalue weighted by Crippen LogP contribution is 2.20. The van der Waals surface area contributed by atoms with E-state index in [2.05, 4.69) is 27.8 Å². The number of aliphatic imine (C=N–C) groups is 1. The lowest BCUT2D eigenvalue weighted by Gasteiger charge is -2.16. The minimum absolute atomic E-state index is 0. The van der Waals surface area contributed by atoms with Crippen molar-refractivity contribution in [3.8, 4) is 11.5 Å². The van der Waals surface area contributed by atoms with Crippen LogP contribution < -0.4 is 25.8 Å². The molecule has 0 unspecified atom stereocenters. The third-order valence-corrected chi connectivity index (χ3v) is 4.38. The van der Waals surface area contributed by atoms with Crippen molar-refractivity contribution in [1.82, 2.24) is 10.6 Å². The van der Waals surface area contributed by atoms with Gasteiger partial charge in [-0.1, -0.05) is 24.3 Å². The molecule has 2 rings (SSSR count). The second-order valence-electron chi connectivity index (χ2n) is 6.99. The van der Waals surface area contributed by atoms with Crippen molar-refractivity contribution in [3.05, 3.63) is 59.2 Å². The minimum Gasteiger partial charge on any atom is -0.493 e. The molecule has 0 aliphatic rings. The van der Waals surface area contributed by atoms with Crippen molar-refractivity contribution < 1.29 is 19.0 Å². The van der Waals surface area contributed by atoms with Crippen LogP contribution in [0.25, 0.3) is 0 Å². The standard InChI is InChI=1S/C23H32N4O4.HI/c1-17-8-9-19(21(12-17)30-11-5-10-29-3)15-27-23(25-2)26-14-18-6-4-7-20(13-18)31-16-22(24)28;/h4,6-9,12-13H,5,10-11,14-16H2,1-3H3,(H2,24,28)(H2,25,26,27);1H. The molecule has 0 atom stereocenters. The Bertz CT molecular complexity index is 877. The van der Waals surface area contributed by atoms with Gasteiger partial charge in [0.1, 0.15) is 11.5 Å². The van der Waals surface area contributed by atoms with Gasteiger partial charge in [-0.15, -0.1) is 24.0 Å². The van der Waals surface area contributed by atoms with Crippen molar-refractivity contribution in [2.75, 3.05) is 34.0 Å². The predicted octanol–water partition coefficient (Wildman–Crippen LogP) is 2.76. The highest BCUT2D eigenvalue weighted by atomic mass is 127. The fourth-order valence-electron chi connectivity index (χ4n) is 2.81. The summed E-state index contributed by atoms with van der Waals surface area (Å²) in [5, 5.41) is 6.59. The number of hydrogen-bond acceptors (Lipinski definition) is 5. The molecule has 2 aromatic carbocycles. The fourth-order valence-corrected chi connectivity index (χ4v) is 2.81. The summed E-state index contributed by atoms with van der Waals surface area (Å²) in [7, 11) is 3.41. The number of guanidine groups is 1. The number of primary amides is 1. The molecule has 0 radical (unpaired) electrons. The van der Waals surface area contributed by atoms with Crippen LogP contribution in [-0.2, 0) is 22.6 Å². The molecule has 0 heterocycles. The van der Waals surface area contributed by atoms with E-state index >= 15 is 0 Å². The third-order valence-electron chi connectivity index (χ3n) is 4.38. The molecule has 32 heavy (non-hydrogen) atoms. The van der Waals surface area contributed by atoms with Crippen molar-refractivity contribution in [1.29, 1.82) is 0 Å². The maximum Gasteiger partial charge on any atom is 0.255 e. The zero-order valence-electron chi connectivity index (χ0n) is 18.8. The maximum absolute atomic E-state index is 10.9. The number of aryl methyl sites for hydroxylation is 1. The second-order valence-corrected chi connectivity index (χ2v) is 6.99. The molecule has 0 aliphatic carbocycles. The van der Waals surface area contributed by atoms with Crippen LogP contribution in [-0.4, -0.2) is 45.8 Å². The van der Waals surface area contributed by atoms with Crippen molar-refractivity contribution in [3.63, 3.8) is 0 Å². The number of carbonyl (C=O) groups excluding carboxylic acids is 1. The number of carbonyl (C=O) groups is 1. The van der Waals surface area contributed by atoms with Gasteiger partial charge in [0.25, 0.3) is 5.91 Å². The van der Waals surface area contributed by atoms with E-state index in [0.29, 0.717) is 38.0 Å². The van der Waals surface area contributed by atoms with E-state index in [-0.39, 0.29) is 30.6 Å². The average Bonchev–Trinajstić information content (AvgIpc) is 2.76. The average molecular weight is 556 g/mol. The second kappa shape index (κ2) is 15.3. The monoisotopic (exact) mass is 556 g/mol. The van der Waals surface area contributed by atoms with Gasteiger partial charge in [-0.2, -0.15) is 0 Å². The van der Waals surface area contributed by atoms with Gasteiger partial charge in [-0.25, -0.2) is 0 Å². The summed E-state index contributed by atoms with van der Waals surface area (Å²) in [6.45, 7) is 4.28. The highest BCUT2D eigenvalue weighted by molar-refractivity contribution is 14.0. The van der Waals surface area contributed by atoms with E-state index in [1.54, 1.807) is 20.2 Å². The fraction of sp³-hybridized carbons (Fsp3) is 0.391. The van der Waals surface area contributed by atoms with Crippen LogP contribution in [0.1, 0.15) is 23.1 Å². The summed E-state index contributed by atoms with van der Waals surface area (Å²) in [5.41, 5.74) is 8.30. The lowest BCUT2D eigenvalue weighted by atomic mass is 10.1. The number of nitrogens with one attached hydrogen (secondary N) is 2. The Labute approximate surface area is 206 Å². The van der Waals surface area contributed by atoms with Crippen LogP contribution >= 0.6 is 24.0 Å². The van der Waals surface area contributed by atoms with Crippen LogP contribution in [0.5, 0.6) is 11.5 Å². The molecule has 8 nitrogen and oxygen atoms in total. The number of methoxy groups -OCH3 is 1. The largest absolute Gasteiger partial charge is 0.493 e. The topological polar surface area (TPSA) is 107 Å². The van der Waals surface area contributed by atoms with Gasteiger partial charge in [0.15, 0.2) is 12.6 Å². The Morgan fingerprint density at radius 2 is 1.84 bits per heavy atom. The smallest absolute Gasteiger partial charge is 0.255 e. The number of halogens is 1. The molecule has 4 N–H and O–H groups in total. The summed E-state index contributed by atoms with van der Waals surface area (Å²) in [6, 6.07) is 13.6. The molecule has 0 fully saturated rings. The van der Waals surface area contributed by atoms with Crippen LogP contribution in [0.4, 0.5) is 0 Å². The van der Waals surface area contributed by atoms with E-state index < -0.39 is 5.91 Å². The van der Waals surface area contributed by atoms with Crippen LogP contribution in [0, 0.1) is 6.92 Å². The Balaban J connectivity index is 0.00000512. The molecular weight excluding hydrogens is 523 g/mol. The Kier molecular flexibility index (Phi) is 13.2. The first-order chi connectivity index (χ1) is 15.0. The van der Waals surface area contributed by atoms with E-state index in [9.17, 15) is 4.79 Å². The highest BCUT2D eigenvalue weighted by Gasteiger charge is 2.07. The third kappa shape index (κ3) is 10.2. The molecule has 0 saturated heterocycles. The zero-order chi connectivity index (χ0) is 22.5. The van der Waals surface area contributed by atoms with Gasteiger partial charge in [-0.05, 0) is 36.2 Å². The van der Waals surface area contributed by atoms with Gasteiger partial charge < -0.3 is 30.6 Å². The number of benzene rings is 2. The summed E-state index contributed by atoms with van der Waals surface area (Å²) in [5.74, 6) is 1.61. The van der Waals surface area contributed by atoms with Gasteiger partial charge in [-0.3, -0.25) is 9.79 Å². The Morgan fingerprint density at radius 1 is 1.06 bits per heavy atom. The summed E-state index contributed by atoms with van der Waals surface area (Å²) >= 11 is 0. The van der Waals surface area contributed by atoms with Crippen molar-refractivity contribution in [2.45, 2.75) is 26.4 Å². The Hall–Kier alpha value is -2.53. The van der Waals surface area contributed by atoms with E-state index in [1.807, 2.05) is 31.2 Å². The zero-order valence-corrected chi connectivity index (χ0v) is 21.2. The first kappa shape index (κ1) is 27.5. The van der Waals surface area contributed by atoms with Crippen LogP contribution in [0.3, 0.4) is 0 Å². The summed E-state index contributed by atoms with van der Waals surface area (Å²) < 4.78 is 16.4. The molecule has 9 heteroatoms. The van der Waals surface area contributed by atoms with Gasteiger partial charge >= 0.3 is 0 Å². The lowest BCUT2D eigenvalue weighted by Crippen LogP contribution is -2.36. The number of amides is 1. The van der Waals surface area contributed by atoms with Gasteiger partial charge in [0, 0.05) is 45.8 Å². The van der Waals surface area contributed by atoms with E-state index in [4.69, 9.17) is 19.9 Å². The van der Waals surface area contributed by atoms with Crippen LogP contribution in [0.15, 0.2) is 47.5 Å². The van der Waals surface area contributed by atoms with Crippen molar-refractivity contribution >= 4 is 35.8 Å².